The van der Waals surface area contributed by atoms with Crippen molar-refractivity contribution in [1.29, 1.82) is 0 Å². The van der Waals surface area contributed by atoms with Crippen molar-refractivity contribution >= 4 is 5.97 Å². The molecule has 1 aromatic heterocycles. The molecule has 0 N–H and O–H groups in total. The van der Waals surface area contributed by atoms with Gasteiger partial charge in [-0.2, -0.15) is 18.3 Å². The number of halogens is 3. The maximum atomic E-state index is 14.0. The lowest BCUT2D eigenvalue weighted by atomic mass is 9.77. The highest BCUT2D eigenvalue weighted by Crippen LogP contribution is 2.42. The Morgan fingerprint density at radius 2 is 1.24 bits per heavy atom. The molecule has 4 nitrogen and oxygen atoms in total. The molecule has 3 aromatic carbocycles. The van der Waals surface area contributed by atoms with E-state index in [1.54, 1.807) is 0 Å². The fourth-order valence-electron chi connectivity index (χ4n) is 4.05. The Bertz CT molecular complexity index is 1120. The molecule has 0 unspecified atom stereocenters. The van der Waals surface area contributed by atoms with Gasteiger partial charge in [0.1, 0.15) is 11.1 Å². The smallest absolute Gasteiger partial charge is 0.436 e. The summed E-state index contributed by atoms with van der Waals surface area (Å²) in [7, 11) is 0. The predicted molar refractivity (Wildman–Crippen MR) is 118 cm³/mol. The summed E-state index contributed by atoms with van der Waals surface area (Å²) in [5.74, 6) is -1.07. The molecular formula is C26H21F3N2O2. The van der Waals surface area contributed by atoms with E-state index in [4.69, 9.17) is 4.74 Å². The number of esters is 1. The van der Waals surface area contributed by atoms with Gasteiger partial charge in [0.25, 0.3) is 0 Å². The van der Waals surface area contributed by atoms with Gasteiger partial charge in [-0.15, -0.1) is 0 Å². The van der Waals surface area contributed by atoms with Crippen LogP contribution in [0.25, 0.3) is 0 Å². The van der Waals surface area contributed by atoms with Crippen LogP contribution in [0, 0.1) is 0 Å². The van der Waals surface area contributed by atoms with Crippen molar-refractivity contribution in [1.82, 2.24) is 9.78 Å². The minimum atomic E-state index is -4.84. The molecule has 0 atom stereocenters. The molecule has 0 radical (unpaired) electrons. The number of alkyl halides is 3. The minimum absolute atomic E-state index is 0.0531. The van der Waals surface area contributed by atoms with Crippen molar-refractivity contribution in [3.05, 3.63) is 125 Å². The summed E-state index contributed by atoms with van der Waals surface area (Å²) in [6, 6.07) is 27.4. The normalized spacial score (nSPS) is 11.9. The molecule has 0 bridgehead atoms. The molecule has 0 aliphatic heterocycles. The van der Waals surface area contributed by atoms with E-state index >= 15 is 0 Å². The largest absolute Gasteiger partial charge is 0.462 e. The van der Waals surface area contributed by atoms with Crippen molar-refractivity contribution in [3.8, 4) is 0 Å². The van der Waals surface area contributed by atoms with Crippen LogP contribution in [0.2, 0.25) is 0 Å². The fourth-order valence-corrected chi connectivity index (χ4v) is 4.05. The van der Waals surface area contributed by atoms with Gasteiger partial charge in [0.2, 0.25) is 0 Å². The lowest BCUT2D eigenvalue weighted by Crippen LogP contribution is -2.38. The van der Waals surface area contributed by atoms with E-state index in [9.17, 15) is 18.0 Å². The number of nitrogens with zero attached hydrogens (tertiary/aromatic N) is 2. The zero-order chi connectivity index (χ0) is 23.5. The second-order valence-electron chi connectivity index (χ2n) is 7.36. The molecule has 0 spiro atoms. The standard InChI is InChI=1S/C26H21F3N2O2/c1-2-33-24(32)22-18-31(30-23(22)26(27,28)29)25(19-12-6-3-7-13-19,20-14-8-4-9-15-20)21-16-10-5-11-17-21/h3-18H,2H2,1H3. The number of rotatable bonds is 6. The SMILES string of the molecule is CCOC(=O)c1cn(C(c2ccccc2)(c2ccccc2)c2ccccc2)nc1C(F)(F)F. The van der Waals surface area contributed by atoms with E-state index in [-0.39, 0.29) is 6.61 Å². The first-order chi connectivity index (χ1) is 15.9. The molecule has 0 aliphatic rings. The van der Waals surface area contributed by atoms with Crippen LogP contribution < -0.4 is 0 Å². The average molecular weight is 450 g/mol. The van der Waals surface area contributed by atoms with Crippen LogP contribution in [0.3, 0.4) is 0 Å². The topological polar surface area (TPSA) is 44.1 Å². The molecule has 7 heteroatoms. The van der Waals surface area contributed by atoms with Crippen molar-refractivity contribution in [2.24, 2.45) is 0 Å². The Labute approximate surface area is 189 Å². The number of aromatic nitrogens is 2. The van der Waals surface area contributed by atoms with Crippen LogP contribution in [0.5, 0.6) is 0 Å². The number of benzene rings is 3. The number of ether oxygens (including phenoxy) is 1. The first-order valence-corrected chi connectivity index (χ1v) is 10.4. The monoisotopic (exact) mass is 450 g/mol. The van der Waals surface area contributed by atoms with Crippen LogP contribution in [-0.4, -0.2) is 22.4 Å². The van der Waals surface area contributed by atoms with E-state index in [0.717, 1.165) is 6.20 Å². The molecule has 0 saturated carbocycles. The molecule has 33 heavy (non-hydrogen) atoms. The van der Waals surface area contributed by atoms with Gasteiger partial charge in [-0.05, 0) is 23.6 Å². The van der Waals surface area contributed by atoms with Crippen molar-refractivity contribution < 1.29 is 22.7 Å². The Morgan fingerprint density at radius 3 is 1.61 bits per heavy atom. The third-order valence-electron chi connectivity index (χ3n) is 5.40. The zero-order valence-corrected chi connectivity index (χ0v) is 17.8. The fraction of sp³-hybridized carbons (Fsp3) is 0.154. The average Bonchev–Trinajstić information content (AvgIpc) is 3.29. The van der Waals surface area contributed by atoms with Gasteiger partial charge >= 0.3 is 12.1 Å². The van der Waals surface area contributed by atoms with Gasteiger partial charge in [-0.3, -0.25) is 4.68 Å². The van der Waals surface area contributed by atoms with Gasteiger partial charge in [-0.1, -0.05) is 91.0 Å². The summed E-state index contributed by atoms with van der Waals surface area (Å²) in [6.45, 7) is 1.49. The van der Waals surface area contributed by atoms with Gasteiger partial charge in [0.05, 0.1) is 6.61 Å². The molecular weight excluding hydrogens is 429 g/mol. The molecule has 168 valence electrons. The summed E-state index contributed by atoms with van der Waals surface area (Å²) >= 11 is 0. The second-order valence-corrected chi connectivity index (χ2v) is 7.36. The van der Waals surface area contributed by atoms with Gasteiger partial charge in [0.15, 0.2) is 5.69 Å². The molecule has 1 heterocycles. The molecule has 0 saturated heterocycles. The zero-order valence-electron chi connectivity index (χ0n) is 17.8. The minimum Gasteiger partial charge on any atom is -0.462 e. The van der Waals surface area contributed by atoms with Crippen molar-refractivity contribution in [2.45, 2.75) is 18.6 Å². The summed E-state index contributed by atoms with van der Waals surface area (Å²) in [5.41, 5.74) is -1.11. The number of carbonyl (C=O) groups is 1. The molecule has 4 aromatic rings. The third kappa shape index (κ3) is 4.02. The highest BCUT2D eigenvalue weighted by atomic mass is 19.4. The lowest BCUT2D eigenvalue weighted by molar-refractivity contribution is -0.142. The molecule has 4 rings (SSSR count). The van der Waals surface area contributed by atoms with Crippen LogP contribution in [0.15, 0.2) is 97.2 Å². The summed E-state index contributed by atoms with van der Waals surface area (Å²) in [4.78, 5) is 12.5. The highest BCUT2D eigenvalue weighted by molar-refractivity contribution is 5.90. The quantitative estimate of drug-likeness (QED) is 0.271. The van der Waals surface area contributed by atoms with E-state index < -0.39 is 28.9 Å². The van der Waals surface area contributed by atoms with Crippen LogP contribution in [-0.2, 0) is 16.5 Å². The second kappa shape index (κ2) is 8.94. The summed E-state index contributed by atoms with van der Waals surface area (Å²) in [5, 5.41) is 3.98. The van der Waals surface area contributed by atoms with Crippen LogP contribution >= 0.6 is 0 Å². The van der Waals surface area contributed by atoms with E-state index in [0.29, 0.717) is 16.7 Å². The van der Waals surface area contributed by atoms with E-state index in [1.807, 2.05) is 91.0 Å². The molecule has 0 aliphatic carbocycles. The van der Waals surface area contributed by atoms with Gasteiger partial charge in [-0.25, -0.2) is 4.79 Å². The Hall–Kier alpha value is -3.87. The van der Waals surface area contributed by atoms with Crippen molar-refractivity contribution in [3.63, 3.8) is 0 Å². The molecule has 0 amide bonds. The van der Waals surface area contributed by atoms with Gasteiger partial charge in [0, 0.05) is 6.20 Å². The van der Waals surface area contributed by atoms with Gasteiger partial charge < -0.3 is 4.74 Å². The van der Waals surface area contributed by atoms with Crippen LogP contribution in [0.4, 0.5) is 13.2 Å². The predicted octanol–water partition coefficient (Wildman–Crippen LogP) is 5.92. The first-order valence-electron chi connectivity index (χ1n) is 10.4. The summed E-state index contributed by atoms with van der Waals surface area (Å²) < 4.78 is 48.1. The third-order valence-corrected chi connectivity index (χ3v) is 5.40. The highest BCUT2D eigenvalue weighted by Gasteiger charge is 2.45. The van der Waals surface area contributed by atoms with Crippen LogP contribution in [0.1, 0.15) is 39.7 Å². The maximum Gasteiger partial charge on any atom is 0.436 e. The van der Waals surface area contributed by atoms with Crippen molar-refractivity contribution in [2.75, 3.05) is 6.61 Å². The maximum absolute atomic E-state index is 14.0. The number of carbonyl (C=O) groups excluding carboxylic acids is 1. The Kier molecular flexibility index (Phi) is 6.05. The number of hydrogen-bond donors (Lipinski definition) is 0. The summed E-state index contributed by atoms with van der Waals surface area (Å²) in [6.07, 6.45) is -3.71. The molecule has 0 fully saturated rings. The first kappa shape index (κ1) is 22.3. The van der Waals surface area contributed by atoms with E-state index in [1.165, 1.54) is 11.6 Å². The Balaban J connectivity index is 2.12. The Morgan fingerprint density at radius 1 is 0.818 bits per heavy atom. The van der Waals surface area contributed by atoms with E-state index in [2.05, 4.69) is 5.10 Å². The number of hydrogen-bond acceptors (Lipinski definition) is 3. The lowest BCUT2D eigenvalue weighted by Gasteiger charge is -2.36.